The number of anilines is 1. The molecule has 0 saturated carbocycles. The standard InChI is InChI=1S/C47H52N10O5S/c48-44-42-43(32-15-17-35(18-16-32)62-34-10-2-1-3-11-34)52-57(45(42)50-31-49-44)33-9-7-23-55(29-33)41(59)14-8-22-54-26-24-53(25-27-54)21-4-5-28-63-39-13-6-12-36-37(39)30-56(47(36)61)38-19-20-40(58)51-46(38)60/h1-3,6,8,10-18,31,33,38H,4-5,7,9,19-30H2,(H2,48,49,50)(H,51,58,60)/b14-8+. The number of carbonyl (C=O) groups excluding carboxylic acids is 4. The number of ether oxygens (including phenoxy) is 1. The van der Waals surface area contributed by atoms with Gasteiger partial charge in [0.2, 0.25) is 17.7 Å². The summed E-state index contributed by atoms with van der Waals surface area (Å²) in [6.07, 6.45) is 9.67. The van der Waals surface area contributed by atoms with Crippen LogP contribution in [0.3, 0.4) is 0 Å². The van der Waals surface area contributed by atoms with Gasteiger partial charge >= 0.3 is 0 Å². The molecule has 4 aliphatic rings. The molecule has 326 valence electrons. The normalized spacial score (nSPS) is 19.8. The van der Waals surface area contributed by atoms with Crippen molar-refractivity contribution in [3.05, 3.63) is 102 Å². The molecule has 3 fully saturated rings. The van der Waals surface area contributed by atoms with Crippen molar-refractivity contribution in [1.82, 2.24) is 44.7 Å². The maximum atomic E-state index is 13.5. The van der Waals surface area contributed by atoms with Crippen LogP contribution < -0.4 is 15.8 Å². The topological polar surface area (TPSA) is 172 Å². The number of thioether (sulfide) groups is 1. The number of imide groups is 1. The van der Waals surface area contributed by atoms with Gasteiger partial charge in [-0.3, -0.25) is 29.4 Å². The van der Waals surface area contributed by atoms with Crippen molar-refractivity contribution in [3.63, 3.8) is 0 Å². The van der Waals surface area contributed by atoms with E-state index in [4.69, 9.17) is 15.6 Å². The van der Waals surface area contributed by atoms with E-state index >= 15 is 0 Å². The van der Waals surface area contributed by atoms with Gasteiger partial charge < -0.3 is 25.2 Å². The molecule has 2 atom stereocenters. The number of piperazine rings is 1. The summed E-state index contributed by atoms with van der Waals surface area (Å²) in [6.45, 7) is 7.29. The highest BCUT2D eigenvalue weighted by Gasteiger charge is 2.40. The Kier molecular flexibility index (Phi) is 12.8. The van der Waals surface area contributed by atoms with Crippen LogP contribution in [0.2, 0.25) is 0 Å². The van der Waals surface area contributed by atoms with Gasteiger partial charge in [-0.05, 0) is 98.5 Å². The molecular formula is C47H52N10O5S. The molecule has 2 aromatic heterocycles. The smallest absolute Gasteiger partial charge is 0.255 e. The van der Waals surface area contributed by atoms with Crippen molar-refractivity contribution < 1.29 is 23.9 Å². The predicted octanol–water partition coefficient (Wildman–Crippen LogP) is 5.54. The zero-order chi connectivity index (χ0) is 43.3. The van der Waals surface area contributed by atoms with E-state index in [0.29, 0.717) is 59.9 Å². The third kappa shape index (κ3) is 9.48. The molecule has 9 rings (SSSR count). The molecule has 5 aromatic rings. The number of hydrogen-bond acceptors (Lipinski definition) is 12. The molecule has 15 nitrogen and oxygen atoms in total. The van der Waals surface area contributed by atoms with Gasteiger partial charge in [0.15, 0.2) is 5.65 Å². The van der Waals surface area contributed by atoms with Crippen LogP contribution in [-0.2, 0) is 20.9 Å². The molecule has 0 radical (unpaired) electrons. The van der Waals surface area contributed by atoms with Crippen LogP contribution in [0.1, 0.15) is 60.5 Å². The molecule has 16 heteroatoms. The molecule has 0 spiro atoms. The second-order valence-electron chi connectivity index (χ2n) is 16.6. The maximum absolute atomic E-state index is 13.5. The molecule has 4 amide bonds. The van der Waals surface area contributed by atoms with E-state index in [0.717, 1.165) is 92.5 Å². The van der Waals surface area contributed by atoms with Crippen molar-refractivity contribution in [1.29, 1.82) is 0 Å². The van der Waals surface area contributed by atoms with Gasteiger partial charge in [0.05, 0.1) is 11.4 Å². The Morgan fingerprint density at radius 3 is 2.49 bits per heavy atom. The number of fused-ring (bicyclic) bond motifs is 2. The fraction of sp³-hybridized carbons (Fsp3) is 0.383. The van der Waals surface area contributed by atoms with E-state index in [9.17, 15) is 19.2 Å². The lowest BCUT2D eigenvalue weighted by Gasteiger charge is -2.34. The van der Waals surface area contributed by atoms with Crippen LogP contribution in [0.4, 0.5) is 5.82 Å². The van der Waals surface area contributed by atoms with Gasteiger partial charge in [-0.2, -0.15) is 5.10 Å². The summed E-state index contributed by atoms with van der Waals surface area (Å²) in [6, 6.07) is 22.5. The Balaban J connectivity index is 0.716. The molecule has 3 N–H and O–H groups in total. The van der Waals surface area contributed by atoms with Crippen LogP contribution in [0.25, 0.3) is 22.3 Å². The third-order valence-electron chi connectivity index (χ3n) is 12.4. The van der Waals surface area contributed by atoms with E-state index in [-0.39, 0.29) is 36.1 Å². The highest BCUT2D eigenvalue weighted by molar-refractivity contribution is 7.99. The lowest BCUT2D eigenvalue weighted by molar-refractivity contribution is -0.137. The minimum absolute atomic E-state index is 0.00901. The number of rotatable bonds is 14. The summed E-state index contributed by atoms with van der Waals surface area (Å²) in [5, 5.41) is 8.13. The Bertz CT molecular complexity index is 2510. The second-order valence-corrected chi connectivity index (χ2v) is 17.7. The van der Waals surface area contributed by atoms with Crippen LogP contribution in [-0.4, -0.2) is 127 Å². The van der Waals surface area contributed by atoms with Gasteiger partial charge in [-0.15, -0.1) is 11.8 Å². The predicted molar refractivity (Wildman–Crippen MR) is 241 cm³/mol. The fourth-order valence-corrected chi connectivity index (χ4v) is 10.1. The zero-order valence-electron chi connectivity index (χ0n) is 35.2. The summed E-state index contributed by atoms with van der Waals surface area (Å²) in [4.78, 5) is 69.2. The van der Waals surface area contributed by atoms with Crippen LogP contribution >= 0.6 is 11.8 Å². The Morgan fingerprint density at radius 1 is 0.889 bits per heavy atom. The largest absolute Gasteiger partial charge is 0.457 e. The first-order valence-corrected chi connectivity index (χ1v) is 22.9. The molecule has 3 saturated heterocycles. The zero-order valence-corrected chi connectivity index (χ0v) is 36.0. The first kappa shape index (κ1) is 42.2. The highest BCUT2D eigenvalue weighted by atomic mass is 32.2. The third-order valence-corrected chi connectivity index (χ3v) is 13.6. The van der Waals surface area contributed by atoms with Crippen LogP contribution in [0.15, 0.2) is 96.2 Å². The number of nitrogen functional groups attached to an aromatic ring is 1. The van der Waals surface area contributed by atoms with Crippen LogP contribution in [0.5, 0.6) is 11.5 Å². The van der Waals surface area contributed by atoms with E-state index in [1.165, 1.54) is 6.33 Å². The molecule has 6 heterocycles. The van der Waals surface area contributed by atoms with Gasteiger partial charge in [0.25, 0.3) is 5.91 Å². The first-order chi connectivity index (χ1) is 30.8. The summed E-state index contributed by atoms with van der Waals surface area (Å²) in [7, 11) is 0. The molecule has 2 unspecified atom stereocenters. The van der Waals surface area contributed by atoms with E-state index in [2.05, 4.69) is 31.2 Å². The summed E-state index contributed by atoms with van der Waals surface area (Å²) < 4.78 is 7.92. The average molecular weight is 869 g/mol. The second kappa shape index (κ2) is 19.1. The number of nitrogens with one attached hydrogen (secondary N) is 1. The molecular weight excluding hydrogens is 817 g/mol. The molecule has 3 aromatic carbocycles. The van der Waals surface area contributed by atoms with Crippen molar-refractivity contribution in [3.8, 4) is 22.8 Å². The Hall–Kier alpha value is -6.10. The number of hydrogen-bond donors (Lipinski definition) is 2. The fourth-order valence-electron chi connectivity index (χ4n) is 9.03. The number of carbonyl (C=O) groups is 4. The lowest BCUT2D eigenvalue weighted by Crippen LogP contribution is -2.52. The maximum Gasteiger partial charge on any atom is 0.255 e. The van der Waals surface area contributed by atoms with E-state index < -0.39 is 6.04 Å². The summed E-state index contributed by atoms with van der Waals surface area (Å²) in [5.41, 5.74) is 10.3. The van der Waals surface area contributed by atoms with Crippen molar-refractivity contribution in [2.75, 3.05) is 63.8 Å². The van der Waals surface area contributed by atoms with Gasteiger partial charge in [-0.1, -0.05) is 30.3 Å². The molecule has 4 aliphatic heterocycles. The Morgan fingerprint density at radius 2 is 1.68 bits per heavy atom. The van der Waals surface area contributed by atoms with Gasteiger partial charge in [-0.25, -0.2) is 14.6 Å². The molecule has 0 bridgehead atoms. The van der Waals surface area contributed by atoms with Crippen LogP contribution in [0, 0.1) is 0 Å². The lowest BCUT2D eigenvalue weighted by atomic mass is 10.0. The Labute approximate surface area is 370 Å². The molecule has 63 heavy (non-hydrogen) atoms. The summed E-state index contributed by atoms with van der Waals surface area (Å²) >= 11 is 1.77. The summed E-state index contributed by atoms with van der Waals surface area (Å²) in [5.74, 6) is 2.00. The van der Waals surface area contributed by atoms with Gasteiger partial charge in [0, 0.05) is 80.9 Å². The monoisotopic (exact) mass is 868 g/mol. The highest BCUT2D eigenvalue weighted by Crippen LogP contribution is 2.36. The first-order valence-electron chi connectivity index (χ1n) is 21.9. The number of piperidine rings is 2. The van der Waals surface area contributed by atoms with Crippen molar-refractivity contribution >= 4 is 52.2 Å². The van der Waals surface area contributed by atoms with Crippen molar-refractivity contribution in [2.45, 2.75) is 62.0 Å². The number of unbranched alkanes of at least 4 members (excludes halogenated alkanes) is 1. The number of amides is 4. The number of nitrogens with two attached hydrogens (primary N) is 1. The number of aromatic nitrogens is 4. The minimum atomic E-state index is -0.603. The van der Waals surface area contributed by atoms with E-state index in [1.807, 2.05) is 82.4 Å². The number of nitrogens with zero attached hydrogens (tertiary/aromatic N) is 8. The average Bonchev–Trinajstić information content (AvgIpc) is 3.86. The number of likely N-dealkylation sites (tertiary alicyclic amines) is 1. The minimum Gasteiger partial charge on any atom is -0.457 e. The van der Waals surface area contributed by atoms with Gasteiger partial charge in [0.1, 0.15) is 35.4 Å². The van der Waals surface area contributed by atoms with E-state index in [1.54, 1.807) is 22.7 Å². The number of benzene rings is 3. The molecule has 0 aliphatic carbocycles. The van der Waals surface area contributed by atoms with Crippen molar-refractivity contribution in [2.24, 2.45) is 0 Å². The quantitative estimate of drug-likeness (QED) is 0.0619. The SMILES string of the molecule is Nc1ncnc2c1c(-c1ccc(Oc3ccccc3)cc1)nn2C1CCCN(C(=O)/C=C/CN2CCN(CCCCSc3cccc4c3CN(C3CCC(=O)NC3=O)C4=O)CC2)C1. The number of para-hydroxylation sites is 1.